The number of halogens is 2. The van der Waals surface area contributed by atoms with E-state index in [0.717, 1.165) is 46.0 Å². The van der Waals surface area contributed by atoms with Gasteiger partial charge < -0.3 is 10.7 Å². The molecular weight excluding hydrogens is 525 g/mol. The molecule has 1 aromatic carbocycles. The SMILES string of the molecule is CO[n+]1cc(-c2cc(Cl)ccc2-n2cnnn2)ccc1C(CC1CC1)c1ncc(-c2ccc(N)nc2Cl)[nH]1. The maximum atomic E-state index is 6.37. The van der Waals surface area contributed by atoms with E-state index in [0.29, 0.717) is 21.9 Å². The summed E-state index contributed by atoms with van der Waals surface area (Å²) in [5.74, 6) is 1.81. The molecule has 0 radical (unpaired) electrons. The highest BCUT2D eigenvalue weighted by atomic mass is 35.5. The van der Waals surface area contributed by atoms with Crippen molar-refractivity contribution in [3.63, 3.8) is 0 Å². The zero-order valence-corrected chi connectivity index (χ0v) is 21.9. The quantitative estimate of drug-likeness (QED) is 0.219. The second-order valence-electron chi connectivity index (χ2n) is 9.26. The number of nitrogens with zero attached hydrogens (tertiary/aromatic N) is 7. The Morgan fingerprint density at radius 3 is 2.76 bits per heavy atom. The van der Waals surface area contributed by atoms with E-state index < -0.39 is 0 Å². The Balaban J connectivity index is 1.40. The molecular formula is C26H24Cl2N9O+. The summed E-state index contributed by atoms with van der Waals surface area (Å²) in [6.07, 6.45) is 8.63. The summed E-state index contributed by atoms with van der Waals surface area (Å²) in [6.45, 7) is 0. The predicted octanol–water partition coefficient (Wildman–Crippen LogP) is 4.28. The largest absolute Gasteiger partial charge is 0.384 e. The third-order valence-electron chi connectivity index (χ3n) is 6.72. The van der Waals surface area contributed by atoms with Crippen LogP contribution in [0, 0.1) is 5.92 Å². The van der Waals surface area contributed by atoms with Crippen molar-refractivity contribution >= 4 is 29.0 Å². The van der Waals surface area contributed by atoms with Crippen LogP contribution in [-0.4, -0.2) is 42.3 Å². The summed E-state index contributed by atoms with van der Waals surface area (Å²) in [5, 5.41) is 12.5. The molecule has 12 heteroatoms. The molecule has 5 aromatic rings. The van der Waals surface area contributed by atoms with Crippen LogP contribution >= 0.6 is 23.2 Å². The summed E-state index contributed by atoms with van der Waals surface area (Å²) < 4.78 is 3.39. The molecule has 4 aromatic heterocycles. The first-order valence-corrected chi connectivity index (χ1v) is 12.9. The van der Waals surface area contributed by atoms with Gasteiger partial charge in [0.2, 0.25) is 11.9 Å². The Kier molecular flexibility index (Phi) is 6.42. The lowest BCUT2D eigenvalue weighted by molar-refractivity contribution is -0.890. The van der Waals surface area contributed by atoms with Gasteiger partial charge in [0.1, 0.15) is 36.2 Å². The van der Waals surface area contributed by atoms with Gasteiger partial charge in [-0.15, -0.1) is 5.10 Å². The zero-order valence-electron chi connectivity index (χ0n) is 20.4. The minimum absolute atomic E-state index is 0.0240. The summed E-state index contributed by atoms with van der Waals surface area (Å²) in [5.41, 5.74) is 10.8. The number of imidazole rings is 1. The molecule has 38 heavy (non-hydrogen) atoms. The van der Waals surface area contributed by atoms with Crippen LogP contribution in [0.4, 0.5) is 5.82 Å². The Morgan fingerprint density at radius 1 is 1.16 bits per heavy atom. The molecule has 3 N–H and O–H groups in total. The number of pyridine rings is 2. The third kappa shape index (κ3) is 4.80. The van der Waals surface area contributed by atoms with Crippen LogP contribution in [0.25, 0.3) is 28.1 Å². The average Bonchev–Trinajstić information content (AvgIpc) is 3.35. The normalized spacial score (nSPS) is 14.0. The number of anilines is 1. The topological polar surface area (TPSA) is 124 Å². The van der Waals surface area contributed by atoms with E-state index in [1.165, 1.54) is 12.8 Å². The molecule has 0 saturated heterocycles. The smallest absolute Gasteiger partial charge is 0.244 e. The first kappa shape index (κ1) is 24.3. The van der Waals surface area contributed by atoms with E-state index in [1.807, 2.05) is 30.5 Å². The molecule has 10 nitrogen and oxygen atoms in total. The molecule has 1 aliphatic carbocycles. The van der Waals surface area contributed by atoms with Gasteiger partial charge in [0, 0.05) is 26.9 Å². The third-order valence-corrected chi connectivity index (χ3v) is 7.24. The number of rotatable bonds is 8. The maximum absolute atomic E-state index is 6.37. The molecule has 4 heterocycles. The molecule has 0 amide bonds. The summed E-state index contributed by atoms with van der Waals surface area (Å²) >= 11 is 12.7. The number of nitrogens with one attached hydrogen (secondary N) is 1. The van der Waals surface area contributed by atoms with Crippen molar-refractivity contribution in [3.05, 3.63) is 82.9 Å². The van der Waals surface area contributed by atoms with E-state index >= 15 is 0 Å². The summed E-state index contributed by atoms with van der Waals surface area (Å²) in [4.78, 5) is 18.2. The highest BCUT2D eigenvalue weighted by molar-refractivity contribution is 6.32. The number of H-pyrrole nitrogens is 1. The van der Waals surface area contributed by atoms with Crippen molar-refractivity contribution < 1.29 is 9.57 Å². The van der Waals surface area contributed by atoms with E-state index in [-0.39, 0.29) is 5.92 Å². The monoisotopic (exact) mass is 548 g/mol. The minimum atomic E-state index is -0.0240. The second kappa shape index (κ2) is 10.0. The molecule has 0 spiro atoms. The Labute approximate surface area is 228 Å². The summed E-state index contributed by atoms with van der Waals surface area (Å²) in [6, 6.07) is 13.3. The summed E-state index contributed by atoms with van der Waals surface area (Å²) in [7, 11) is 1.65. The van der Waals surface area contributed by atoms with Crippen LogP contribution in [0.3, 0.4) is 0 Å². The Morgan fingerprint density at radius 2 is 2.03 bits per heavy atom. The second-order valence-corrected chi connectivity index (χ2v) is 10.0. The van der Waals surface area contributed by atoms with Gasteiger partial charge in [-0.3, -0.25) is 4.84 Å². The van der Waals surface area contributed by atoms with E-state index in [1.54, 1.807) is 35.1 Å². The molecule has 6 rings (SSSR count). The van der Waals surface area contributed by atoms with Crippen LogP contribution < -0.4 is 15.3 Å². The molecule has 1 saturated carbocycles. The Bertz CT molecular complexity index is 1600. The van der Waals surface area contributed by atoms with Gasteiger partial charge in [0.05, 0.1) is 23.1 Å². The van der Waals surface area contributed by atoms with Crippen molar-refractivity contribution in [2.24, 2.45) is 5.92 Å². The first-order valence-electron chi connectivity index (χ1n) is 12.1. The van der Waals surface area contributed by atoms with Crippen molar-refractivity contribution in [1.82, 2.24) is 35.2 Å². The average molecular weight is 549 g/mol. The number of nitrogen functional groups attached to an aromatic ring is 1. The van der Waals surface area contributed by atoms with Crippen LogP contribution in [0.2, 0.25) is 10.2 Å². The van der Waals surface area contributed by atoms with Gasteiger partial charge >= 0.3 is 0 Å². The molecule has 0 aliphatic heterocycles. The van der Waals surface area contributed by atoms with Crippen LogP contribution in [0.1, 0.15) is 36.7 Å². The number of nitrogens with two attached hydrogens (primary N) is 1. The fraction of sp³-hybridized carbons (Fsp3) is 0.231. The van der Waals surface area contributed by atoms with Gasteiger partial charge in [0.25, 0.3) is 0 Å². The van der Waals surface area contributed by atoms with Gasteiger partial charge in [-0.25, -0.2) is 9.97 Å². The lowest BCUT2D eigenvalue weighted by Crippen LogP contribution is -2.45. The number of hydrogen-bond acceptors (Lipinski definition) is 7. The molecule has 1 aliphatic rings. The molecule has 1 unspecified atom stereocenters. The van der Waals surface area contributed by atoms with E-state index in [2.05, 4.69) is 37.6 Å². The number of tetrazole rings is 1. The van der Waals surface area contributed by atoms with Crippen LogP contribution in [0.15, 0.2) is 61.2 Å². The van der Waals surface area contributed by atoms with Gasteiger partial charge in [-0.1, -0.05) is 36.0 Å². The van der Waals surface area contributed by atoms with Crippen LogP contribution in [-0.2, 0) is 0 Å². The predicted molar refractivity (Wildman–Crippen MR) is 143 cm³/mol. The molecule has 192 valence electrons. The van der Waals surface area contributed by atoms with Crippen molar-refractivity contribution in [1.29, 1.82) is 0 Å². The zero-order chi connectivity index (χ0) is 26.2. The molecule has 1 atom stereocenters. The van der Waals surface area contributed by atoms with E-state index in [4.69, 9.17) is 38.8 Å². The number of aromatic amines is 1. The lowest BCUT2D eigenvalue weighted by atomic mass is 9.95. The highest BCUT2D eigenvalue weighted by Gasteiger charge is 2.35. The number of benzene rings is 1. The van der Waals surface area contributed by atoms with E-state index in [9.17, 15) is 0 Å². The van der Waals surface area contributed by atoms with Crippen molar-refractivity contribution in [2.75, 3.05) is 12.8 Å². The fourth-order valence-electron chi connectivity index (χ4n) is 4.65. The Hall–Kier alpha value is -4.02. The number of aromatic nitrogens is 8. The minimum Gasteiger partial charge on any atom is -0.384 e. The standard InChI is InChI=1S/C26H24Cl2N9O/c1-38-37-13-16(19-11-17(27)5-8-22(19)36-14-31-34-35-36)4-7-23(37)20(10-15-2-3-15)26-30-12-21(32-26)18-6-9-24(29)33-25(18)28/h4-9,11-15,20H,2-3,10H2,1H3,(H2,29,33)(H,30,32)/q+1. The molecule has 0 bridgehead atoms. The fourth-order valence-corrected chi connectivity index (χ4v) is 5.08. The number of hydrogen-bond donors (Lipinski definition) is 2. The van der Waals surface area contributed by atoms with Crippen molar-refractivity contribution in [3.8, 4) is 28.1 Å². The van der Waals surface area contributed by atoms with Crippen LogP contribution in [0.5, 0.6) is 0 Å². The lowest BCUT2D eigenvalue weighted by Gasteiger charge is -2.14. The van der Waals surface area contributed by atoms with Gasteiger partial charge in [0.15, 0.2) is 0 Å². The maximum Gasteiger partial charge on any atom is 0.244 e. The van der Waals surface area contributed by atoms with Gasteiger partial charge in [-0.2, -0.15) is 4.68 Å². The highest BCUT2D eigenvalue weighted by Crippen LogP contribution is 2.41. The molecule has 1 fully saturated rings. The van der Waals surface area contributed by atoms with Crippen molar-refractivity contribution in [2.45, 2.75) is 25.2 Å². The first-order chi connectivity index (χ1) is 18.5. The van der Waals surface area contributed by atoms with Gasteiger partial charge in [-0.05, 0) is 59.2 Å².